The van der Waals surface area contributed by atoms with Gasteiger partial charge in [0.25, 0.3) is 10.0 Å². The Morgan fingerprint density at radius 1 is 1.34 bits per heavy atom. The highest BCUT2D eigenvalue weighted by Gasteiger charge is 2.50. The van der Waals surface area contributed by atoms with Gasteiger partial charge >= 0.3 is 6.18 Å². The van der Waals surface area contributed by atoms with E-state index in [9.17, 15) is 32.0 Å². The van der Waals surface area contributed by atoms with Gasteiger partial charge in [-0.15, -0.1) is 0 Å². The van der Waals surface area contributed by atoms with Crippen LogP contribution < -0.4 is 14.4 Å². The highest BCUT2D eigenvalue weighted by molar-refractivity contribution is 7.93. The van der Waals surface area contributed by atoms with Crippen molar-refractivity contribution in [3.63, 3.8) is 0 Å². The number of alkyl halides is 3. The summed E-state index contributed by atoms with van der Waals surface area (Å²) >= 11 is 6.15. The van der Waals surface area contributed by atoms with E-state index in [4.69, 9.17) is 21.1 Å². The van der Waals surface area contributed by atoms with E-state index in [1.165, 1.54) is 29.1 Å². The number of aliphatic hydroxyl groups is 1. The Kier molecular flexibility index (Phi) is 8.19. The maximum atomic E-state index is 13.8. The number of aryl methyl sites for hydroxylation is 1. The van der Waals surface area contributed by atoms with Crippen molar-refractivity contribution in [1.29, 1.82) is 5.26 Å². The number of fused-ring (bicyclic) bond motifs is 1. The number of aromatic nitrogens is 2. The third kappa shape index (κ3) is 6.28. The number of hydrogen-bond acceptors (Lipinski definition) is 8. The molecule has 10 nitrogen and oxygen atoms in total. The number of anilines is 2. The molecule has 0 radical (unpaired) electrons. The van der Waals surface area contributed by atoms with Gasteiger partial charge in [0.1, 0.15) is 16.7 Å². The second-order valence-electron chi connectivity index (χ2n) is 9.92. The highest BCUT2D eigenvalue weighted by Crippen LogP contribution is 2.42. The first-order valence-corrected chi connectivity index (χ1v) is 13.4. The number of halogens is 4. The summed E-state index contributed by atoms with van der Waals surface area (Å²) in [7, 11) is -4.30. The van der Waals surface area contributed by atoms with Crippen molar-refractivity contribution in [3.8, 4) is 11.8 Å². The zero-order valence-corrected chi connectivity index (χ0v) is 22.9. The van der Waals surface area contributed by atoms with Crippen molar-refractivity contribution in [2.45, 2.75) is 76.8 Å². The van der Waals surface area contributed by atoms with Crippen LogP contribution in [0.1, 0.15) is 41.0 Å². The van der Waals surface area contributed by atoms with Crippen LogP contribution in [0.4, 0.5) is 24.5 Å². The number of benzene rings is 1. The van der Waals surface area contributed by atoms with Crippen molar-refractivity contribution in [2.24, 2.45) is 5.41 Å². The van der Waals surface area contributed by atoms with Crippen molar-refractivity contribution < 1.29 is 36.2 Å². The number of hydrogen-bond donors (Lipinski definition) is 2. The van der Waals surface area contributed by atoms with Gasteiger partial charge in [0.05, 0.1) is 23.7 Å². The molecule has 2 aromatic rings. The molecule has 1 aromatic heterocycles. The molecular formula is C23H29ClF3N5O5S. The molecule has 0 fully saturated rings. The minimum atomic E-state index is -4.75. The van der Waals surface area contributed by atoms with Crippen LogP contribution in [0.2, 0.25) is 5.15 Å². The van der Waals surface area contributed by atoms with Crippen LogP contribution in [0.25, 0.3) is 0 Å². The summed E-state index contributed by atoms with van der Waals surface area (Å²) in [5, 5.41) is 25.7. The molecule has 1 aliphatic rings. The van der Waals surface area contributed by atoms with Gasteiger partial charge in [-0.05, 0) is 52.8 Å². The van der Waals surface area contributed by atoms with Crippen LogP contribution in [-0.4, -0.2) is 54.1 Å². The fraction of sp³-hybridized carbons (Fsp3) is 0.565. The first-order chi connectivity index (χ1) is 17.4. The highest BCUT2D eigenvalue weighted by atomic mass is 35.5. The number of nitrogens with zero attached hydrogens (tertiary/aromatic N) is 4. The van der Waals surface area contributed by atoms with Crippen LogP contribution in [0.3, 0.4) is 0 Å². The normalized spacial score (nSPS) is 17.4. The van der Waals surface area contributed by atoms with E-state index >= 15 is 0 Å². The smallest absolute Gasteiger partial charge is 0.417 e. The van der Waals surface area contributed by atoms with Gasteiger partial charge in [-0.3, -0.25) is 8.99 Å². The molecule has 1 aromatic carbocycles. The Hall–Kier alpha value is -2.73. The Bertz CT molecular complexity index is 1320. The molecule has 1 unspecified atom stereocenters. The van der Waals surface area contributed by atoms with Gasteiger partial charge in [0, 0.05) is 24.8 Å². The lowest BCUT2D eigenvalue weighted by molar-refractivity contribution is -0.298. The number of nitriles is 1. The summed E-state index contributed by atoms with van der Waals surface area (Å²) in [5.74, 6) is 0.147. The molecular weight excluding hydrogens is 551 g/mol. The van der Waals surface area contributed by atoms with Crippen LogP contribution >= 0.6 is 11.6 Å². The predicted octanol–water partition coefficient (Wildman–Crippen LogP) is 4.50. The molecule has 2 heterocycles. The van der Waals surface area contributed by atoms with Gasteiger partial charge in [-0.1, -0.05) is 11.6 Å². The molecule has 1 aliphatic heterocycles. The summed E-state index contributed by atoms with van der Waals surface area (Å²) in [5.41, 5.74) is -3.38. The minimum Gasteiger partial charge on any atom is -0.486 e. The quantitative estimate of drug-likeness (QED) is 0.415. The summed E-state index contributed by atoms with van der Waals surface area (Å²) in [6.45, 7) is 6.86. The first-order valence-electron chi connectivity index (χ1n) is 11.6. The molecule has 0 aliphatic carbocycles. The number of nitrogens with one attached hydrogen (secondary N) is 1. The maximum Gasteiger partial charge on any atom is 0.417 e. The number of sulfonamides is 1. The molecule has 0 amide bonds. The standard InChI is InChI=1S/C23H29ClF3N5O5S/c1-6-31-12-18(19(24)30-31)38(34,35)32-11-15(10-21(2,3)13-28)36-17-8-7-14(9-16(17)32)29-20(33)37-22(4,5)23(25,26)27/h7-9,12,15,20,29,33H,6,10-11H2,1-5H3/t15-,20?/m1/s1. The van der Waals surface area contributed by atoms with Crippen LogP contribution in [-0.2, 0) is 21.3 Å². The van der Waals surface area contributed by atoms with Crippen LogP contribution in [0, 0.1) is 16.7 Å². The van der Waals surface area contributed by atoms with Gasteiger partial charge in [0.2, 0.25) is 6.41 Å². The second-order valence-corrected chi connectivity index (χ2v) is 12.1. The largest absolute Gasteiger partial charge is 0.486 e. The zero-order valence-electron chi connectivity index (χ0n) is 21.4. The van der Waals surface area contributed by atoms with Crippen molar-refractivity contribution in [2.75, 3.05) is 16.2 Å². The first kappa shape index (κ1) is 29.8. The van der Waals surface area contributed by atoms with E-state index in [-0.39, 0.29) is 40.1 Å². The maximum absolute atomic E-state index is 13.8. The van der Waals surface area contributed by atoms with Crippen molar-refractivity contribution in [3.05, 3.63) is 29.5 Å². The molecule has 0 saturated heterocycles. The Morgan fingerprint density at radius 2 is 2.00 bits per heavy atom. The molecule has 210 valence electrons. The number of rotatable bonds is 9. The fourth-order valence-electron chi connectivity index (χ4n) is 3.70. The molecule has 38 heavy (non-hydrogen) atoms. The Morgan fingerprint density at radius 3 is 2.55 bits per heavy atom. The van der Waals surface area contributed by atoms with Crippen molar-refractivity contribution in [1.82, 2.24) is 9.78 Å². The fourth-order valence-corrected chi connectivity index (χ4v) is 5.65. The van der Waals surface area contributed by atoms with Gasteiger partial charge < -0.3 is 19.9 Å². The van der Waals surface area contributed by atoms with Gasteiger partial charge in [-0.2, -0.15) is 23.5 Å². The monoisotopic (exact) mass is 579 g/mol. The topological polar surface area (TPSA) is 130 Å². The Labute approximate surface area is 223 Å². The second kappa shape index (κ2) is 10.4. The third-order valence-electron chi connectivity index (χ3n) is 5.89. The SMILES string of the molecule is CCn1cc(S(=O)(=O)N2C[C@@H](CC(C)(C)C#N)Oc3ccc(NC(O)OC(C)(C)C(F)(F)F)cc32)c(Cl)n1. The van der Waals surface area contributed by atoms with E-state index in [2.05, 4.69) is 16.5 Å². The van der Waals surface area contributed by atoms with Crippen molar-refractivity contribution >= 4 is 33.0 Å². The minimum absolute atomic E-state index is 0.0450. The predicted molar refractivity (Wildman–Crippen MR) is 133 cm³/mol. The van der Waals surface area contributed by atoms with E-state index in [1.54, 1.807) is 20.8 Å². The average Bonchev–Trinajstić information content (AvgIpc) is 3.19. The summed E-state index contributed by atoms with van der Waals surface area (Å²) in [6.07, 6.45) is -6.03. The molecule has 15 heteroatoms. The summed E-state index contributed by atoms with van der Waals surface area (Å²) < 4.78 is 80.1. The lowest BCUT2D eigenvalue weighted by Crippen LogP contribution is -2.46. The molecule has 2 atom stereocenters. The zero-order chi connectivity index (χ0) is 28.7. The van der Waals surface area contributed by atoms with E-state index < -0.39 is 39.7 Å². The average molecular weight is 580 g/mol. The molecule has 0 saturated carbocycles. The van der Waals surface area contributed by atoms with Crippen LogP contribution in [0.15, 0.2) is 29.3 Å². The van der Waals surface area contributed by atoms with Gasteiger partial charge in [0.15, 0.2) is 10.8 Å². The third-order valence-corrected chi connectivity index (χ3v) is 8.06. The number of ether oxygens (including phenoxy) is 2. The summed E-state index contributed by atoms with van der Waals surface area (Å²) in [4.78, 5) is -0.249. The lowest BCUT2D eigenvalue weighted by atomic mass is 9.88. The number of aliphatic hydroxyl groups excluding tert-OH is 1. The molecule has 0 bridgehead atoms. The Balaban J connectivity index is 2.01. The van der Waals surface area contributed by atoms with Gasteiger partial charge in [-0.25, -0.2) is 8.42 Å². The van der Waals surface area contributed by atoms with Crippen LogP contribution in [0.5, 0.6) is 5.75 Å². The molecule has 2 N–H and O–H groups in total. The van der Waals surface area contributed by atoms with E-state index in [1.807, 2.05) is 0 Å². The molecule has 3 rings (SSSR count). The molecule has 0 spiro atoms. The van der Waals surface area contributed by atoms with E-state index in [0.29, 0.717) is 6.54 Å². The summed E-state index contributed by atoms with van der Waals surface area (Å²) in [6, 6.07) is 6.25. The lowest BCUT2D eigenvalue weighted by Gasteiger charge is -2.37. The van der Waals surface area contributed by atoms with E-state index in [0.717, 1.165) is 18.2 Å².